The summed E-state index contributed by atoms with van der Waals surface area (Å²) in [5.74, 6) is 2.32. The highest BCUT2D eigenvalue weighted by atomic mass is 35.5. The van der Waals surface area contributed by atoms with Gasteiger partial charge in [0.25, 0.3) is 5.56 Å². The number of anilines is 1. The third-order valence-electron chi connectivity index (χ3n) is 6.51. The van der Waals surface area contributed by atoms with Crippen LogP contribution < -0.4 is 19.9 Å². The van der Waals surface area contributed by atoms with Crippen LogP contribution in [0.1, 0.15) is 28.8 Å². The lowest BCUT2D eigenvalue weighted by atomic mass is 9.79. The molecule has 1 N–H and O–H groups in total. The number of aliphatic imine (C=N–C) groups is 1. The SMILES string of the molecule is COc1cc2c(cc1OC)C(C1CCc3nc(N4CCOCC4)[nH]c(=O)c3C1)=NCC2.Cl.Cl. The van der Waals surface area contributed by atoms with E-state index in [2.05, 4.69) is 16.0 Å². The number of benzene rings is 1. The molecule has 0 saturated carbocycles. The predicted octanol–water partition coefficient (Wildman–Crippen LogP) is 2.62. The minimum absolute atomic E-state index is 0. The number of aromatic nitrogens is 2. The summed E-state index contributed by atoms with van der Waals surface area (Å²) in [7, 11) is 3.31. The highest BCUT2D eigenvalue weighted by Gasteiger charge is 2.30. The van der Waals surface area contributed by atoms with Gasteiger partial charge in [0.2, 0.25) is 5.95 Å². The van der Waals surface area contributed by atoms with Crippen LogP contribution in [0.3, 0.4) is 0 Å². The van der Waals surface area contributed by atoms with Crippen molar-refractivity contribution in [1.82, 2.24) is 9.97 Å². The smallest absolute Gasteiger partial charge is 0.255 e. The maximum absolute atomic E-state index is 13.0. The van der Waals surface area contributed by atoms with Crippen molar-refractivity contribution in [3.63, 3.8) is 0 Å². The predicted molar refractivity (Wildman–Crippen MR) is 133 cm³/mol. The number of morpholine rings is 1. The first-order chi connectivity index (χ1) is 15.2. The van der Waals surface area contributed by atoms with Crippen LogP contribution in [0.5, 0.6) is 11.5 Å². The van der Waals surface area contributed by atoms with Crippen molar-refractivity contribution < 1.29 is 14.2 Å². The Morgan fingerprint density at radius 3 is 2.55 bits per heavy atom. The number of nitrogens with one attached hydrogen (secondary N) is 1. The number of methoxy groups -OCH3 is 2. The molecule has 3 heterocycles. The molecule has 1 unspecified atom stereocenters. The van der Waals surface area contributed by atoms with Gasteiger partial charge in [-0.2, -0.15) is 0 Å². The number of ether oxygens (including phenoxy) is 3. The lowest BCUT2D eigenvalue weighted by Crippen LogP contribution is -2.39. The van der Waals surface area contributed by atoms with Crippen LogP contribution >= 0.6 is 24.8 Å². The number of aryl methyl sites for hydroxylation is 1. The van der Waals surface area contributed by atoms with Crippen molar-refractivity contribution >= 4 is 36.5 Å². The minimum Gasteiger partial charge on any atom is -0.493 e. The number of H-pyrrole nitrogens is 1. The number of aromatic amines is 1. The lowest BCUT2D eigenvalue weighted by molar-refractivity contribution is 0.122. The topological polar surface area (TPSA) is 89.0 Å². The molecular weight excluding hydrogens is 467 g/mol. The highest BCUT2D eigenvalue weighted by molar-refractivity contribution is 6.05. The molecule has 2 aromatic rings. The maximum atomic E-state index is 13.0. The monoisotopic (exact) mass is 496 g/mol. The third-order valence-corrected chi connectivity index (χ3v) is 6.51. The molecule has 180 valence electrons. The van der Waals surface area contributed by atoms with Gasteiger partial charge in [0.05, 0.1) is 33.1 Å². The van der Waals surface area contributed by atoms with Gasteiger partial charge < -0.3 is 19.1 Å². The van der Waals surface area contributed by atoms with E-state index in [1.807, 2.05) is 6.07 Å². The maximum Gasteiger partial charge on any atom is 0.255 e. The Bertz CT molecular complexity index is 1080. The van der Waals surface area contributed by atoms with E-state index >= 15 is 0 Å². The molecular formula is C23H30Cl2N4O4. The van der Waals surface area contributed by atoms with Gasteiger partial charge in [0.15, 0.2) is 11.5 Å². The largest absolute Gasteiger partial charge is 0.493 e. The van der Waals surface area contributed by atoms with E-state index < -0.39 is 0 Å². The van der Waals surface area contributed by atoms with E-state index in [-0.39, 0.29) is 36.3 Å². The molecule has 0 bridgehead atoms. The van der Waals surface area contributed by atoms with Crippen LogP contribution in [-0.2, 0) is 24.0 Å². The average Bonchev–Trinajstić information content (AvgIpc) is 2.83. The molecule has 8 nitrogen and oxygen atoms in total. The van der Waals surface area contributed by atoms with Gasteiger partial charge in [-0.05, 0) is 43.4 Å². The van der Waals surface area contributed by atoms with Crippen LogP contribution in [0, 0.1) is 5.92 Å². The van der Waals surface area contributed by atoms with Gasteiger partial charge in [-0.25, -0.2) is 4.98 Å². The van der Waals surface area contributed by atoms with E-state index in [4.69, 9.17) is 24.2 Å². The van der Waals surface area contributed by atoms with Crippen molar-refractivity contribution in [3.05, 3.63) is 44.9 Å². The summed E-state index contributed by atoms with van der Waals surface area (Å²) in [6.07, 6.45) is 3.25. The molecule has 1 atom stereocenters. The minimum atomic E-state index is -0.0277. The first-order valence-corrected chi connectivity index (χ1v) is 10.9. The summed E-state index contributed by atoms with van der Waals surface area (Å²) in [6, 6.07) is 4.09. The number of rotatable bonds is 4. The second kappa shape index (κ2) is 10.8. The zero-order valence-corrected chi connectivity index (χ0v) is 20.5. The van der Waals surface area contributed by atoms with Crippen LogP contribution in [0.15, 0.2) is 21.9 Å². The van der Waals surface area contributed by atoms with Crippen molar-refractivity contribution in [2.75, 3.05) is 52.0 Å². The van der Waals surface area contributed by atoms with Crippen molar-refractivity contribution in [1.29, 1.82) is 0 Å². The van der Waals surface area contributed by atoms with Crippen LogP contribution in [-0.4, -0.2) is 62.7 Å². The van der Waals surface area contributed by atoms with Gasteiger partial charge in [0.1, 0.15) is 0 Å². The Balaban J connectivity index is 0.00000153. The molecule has 2 aliphatic heterocycles. The van der Waals surface area contributed by atoms with Gasteiger partial charge >= 0.3 is 0 Å². The molecule has 1 saturated heterocycles. The molecule has 1 fully saturated rings. The Kier molecular flexibility index (Phi) is 8.26. The van der Waals surface area contributed by atoms with E-state index in [0.717, 1.165) is 67.2 Å². The van der Waals surface area contributed by atoms with Crippen LogP contribution in [0.25, 0.3) is 0 Å². The zero-order valence-electron chi connectivity index (χ0n) is 18.9. The lowest BCUT2D eigenvalue weighted by Gasteiger charge is -2.30. The standard InChI is InChI=1S/C23H28N4O4.2ClH/c1-29-19-12-14-5-6-24-21(16(14)13-20(19)30-2)15-3-4-18-17(11-15)22(28)26-23(25-18)27-7-9-31-10-8-27;;/h12-13,15H,3-11H2,1-2H3,(H,25,26,28);2*1H. The quantitative estimate of drug-likeness (QED) is 0.699. The molecule has 1 aromatic heterocycles. The second-order valence-electron chi connectivity index (χ2n) is 8.24. The van der Waals surface area contributed by atoms with Crippen molar-refractivity contribution in [2.45, 2.75) is 25.7 Å². The average molecular weight is 497 g/mol. The molecule has 1 aromatic carbocycles. The number of hydrogen-bond donors (Lipinski definition) is 1. The van der Waals surface area contributed by atoms with E-state index in [1.54, 1.807) is 14.2 Å². The fraction of sp³-hybridized carbons (Fsp3) is 0.522. The fourth-order valence-electron chi connectivity index (χ4n) is 4.86. The van der Waals surface area contributed by atoms with Crippen LogP contribution in [0.4, 0.5) is 5.95 Å². The van der Waals surface area contributed by atoms with E-state index in [1.165, 1.54) is 5.56 Å². The first-order valence-electron chi connectivity index (χ1n) is 10.9. The Morgan fingerprint density at radius 2 is 1.82 bits per heavy atom. The molecule has 5 rings (SSSR count). The van der Waals surface area contributed by atoms with Crippen LogP contribution in [0.2, 0.25) is 0 Å². The number of nitrogens with zero attached hydrogens (tertiary/aromatic N) is 3. The van der Waals surface area contributed by atoms with Gasteiger partial charge in [-0.3, -0.25) is 14.8 Å². The van der Waals surface area contributed by atoms with Crippen molar-refractivity contribution in [3.8, 4) is 11.5 Å². The molecule has 0 spiro atoms. The molecule has 0 radical (unpaired) electrons. The normalized spacial score (nSPS) is 19.3. The van der Waals surface area contributed by atoms with Gasteiger partial charge in [-0.1, -0.05) is 0 Å². The molecule has 0 amide bonds. The molecule has 3 aliphatic rings. The summed E-state index contributed by atoms with van der Waals surface area (Å²) in [6.45, 7) is 3.59. The Hall–Kier alpha value is -2.29. The highest BCUT2D eigenvalue weighted by Crippen LogP contribution is 2.36. The third kappa shape index (κ3) is 4.83. The number of halogens is 2. The first kappa shape index (κ1) is 25.3. The second-order valence-corrected chi connectivity index (χ2v) is 8.24. The summed E-state index contributed by atoms with van der Waals surface area (Å²) in [5, 5.41) is 0. The van der Waals surface area contributed by atoms with E-state index in [9.17, 15) is 4.79 Å². The summed E-state index contributed by atoms with van der Waals surface area (Å²) >= 11 is 0. The molecule has 33 heavy (non-hydrogen) atoms. The fourth-order valence-corrected chi connectivity index (χ4v) is 4.86. The van der Waals surface area contributed by atoms with Crippen molar-refractivity contribution in [2.24, 2.45) is 10.9 Å². The summed E-state index contributed by atoms with van der Waals surface area (Å²) < 4.78 is 16.4. The zero-order chi connectivity index (χ0) is 21.4. The Labute approximate surface area is 205 Å². The molecule has 10 heteroatoms. The van der Waals surface area contributed by atoms with Gasteiger partial charge in [0, 0.05) is 42.4 Å². The Morgan fingerprint density at radius 1 is 1.09 bits per heavy atom. The number of hydrogen-bond acceptors (Lipinski definition) is 7. The number of fused-ring (bicyclic) bond motifs is 2. The van der Waals surface area contributed by atoms with E-state index in [0.29, 0.717) is 31.3 Å². The summed E-state index contributed by atoms with van der Waals surface area (Å²) in [5.41, 5.74) is 5.11. The van der Waals surface area contributed by atoms with Gasteiger partial charge in [-0.15, -0.1) is 24.8 Å². The summed E-state index contributed by atoms with van der Waals surface area (Å²) in [4.78, 5) is 27.8. The molecule has 1 aliphatic carbocycles.